The number of carbonyl (C=O) groups is 1. The number of nitrogens with one attached hydrogen (secondary N) is 1. The van der Waals surface area contributed by atoms with E-state index in [1.807, 2.05) is 16.5 Å². The van der Waals surface area contributed by atoms with Crippen LogP contribution in [0.25, 0.3) is 0 Å². The second kappa shape index (κ2) is 6.70. The molecule has 1 aromatic heterocycles. The molecular formula is C14H24N4O. The summed E-state index contributed by atoms with van der Waals surface area (Å²) in [7, 11) is 1.89. The van der Waals surface area contributed by atoms with Crippen LogP contribution < -0.4 is 5.32 Å². The van der Waals surface area contributed by atoms with Crippen molar-refractivity contribution in [3.63, 3.8) is 0 Å². The molecule has 1 aliphatic rings. The van der Waals surface area contributed by atoms with Gasteiger partial charge in [0, 0.05) is 26.3 Å². The Bertz CT molecular complexity index is 409. The first-order valence-electron chi connectivity index (χ1n) is 7.18. The summed E-state index contributed by atoms with van der Waals surface area (Å²) in [5.41, 5.74) is 0.555. The Morgan fingerprint density at radius 3 is 3.05 bits per heavy atom. The van der Waals surface area contributed by atoms with Crippen LogP contribution in [0.1, 0.15) is 36.7 Å². The molecule has 1 aromatic rings. The Morgan fingerprint density at radius 1 is 1.63 bits per heavy atom. The van der Waals surface area contributed by atoms with Gasteiger partial charge in [-0.25, -0.2) is 4.98 Å². The van der Waals surface area contributed by atoms with E-state index >= 15 is 0 Å². The molecule has 1 amide bonds. The lowest BCUT2D eigenvalue weighted by Gasteiger charge is -2.29. The molecule has 0 radical (unpaired) electrons. The SMILES string of the molecule is CCCN(CC1CCCNC1)C(=O)c1cn(C)cn1. The predicted molar refractivity (Wildman–Crippen MR) is 75.0 cm³/mol. The maximum Gasteiger partial charge on any atom is 0.274 e. The van der Waals surface area contributed by atoms with Crippen LogP contribution in [0.5, 0.6) is 0 Å². The topological polar surface area (TPSA) is 50.2 Å². The van der Waals surface area contributed by atoms with Gasteiger partial charge < -0.3 is 14.8 Å². The van der Waals surface area contributed by atoms with Gasteiger partial charge in [-0.15, -0.1) is 0 Å². The van der Waals surface area contributed by atoms with E-state index < -0.39 is 0 Å². The summed E-state index contributed by atoms with van der Waals surface area (Å²) in [4.78, 5) is 18.6. The molecule has 2 heterocycles. The van der Waals surface area contributed by atoms with Gasteiger partial charge in [-0.1, -0.05) is 6.92 Å². The minimum Gasteiger partial charge on any atom is -0.340 e. The second-order valence-corrected chi connectivity index (χ2v) is 5.39. The second-order valence-electron chi connectivity index (χ2n) is 5.39. The monoisotopic (exact) mass is 264 g/mol. The molecule has 1 unspecified atom stereocenters. The van der Waals surface area contributed by atoms with E-state index in [-0.39, 0.29) is 5.91 Å². The molecule has 5 heteroatoms. The molecule has 1 aliphatic heterocycles. The van der Waals surface area contributed by atoms with Crippen molar-refractivity contribution in [2.75, 3.05) is 26.2 Å². The number of aromatic nitrogens is 2. The average Bonchev–Trinajstić information content (AvgIpc) is 2.85. The molecule has 2 rings (SSSR count). The Morgan fingerprint density at radius 2 is 2.47 bits per heavy atom. The summed E-state index contributed by atoms with van der Waals surface area (Å²) in [5.74, 6) is 0.640. The number of imidazole rings is 1. The fraction of sp³-hybridized carbons (Fsp3) is 0.714. The lowest BCUT2D eigenvalue weighted by atomic mass is 9.99. The molecular weight excluding hydrogens is 240 g/mol. The zero-order valence-corrected chi connectivity index (χ0v) is 11.9. The van der Waals surface area contributed by atoms with Crippen LogP contribution >= 0.6 is 0 Å². The van der Waals surface area contributed by atoms with Gasteiger partial charge in [-0.05, 0) is 38.3 Å². The number of nitrogens with zero attached hydrogens (tertiary/aromatic N) is 3. The van der Waals surface area contributed by atoms with Crippen molar-refractivity contribution in [1.82, 2.24) is 19.8 Å². The fourth-order valence-corrected chi connectivity index (χ4v) is 2.62. The molecule has 106 valence electrons. The number of amides is 1. The van der Waals surface area contributed by atoms with Crippen LogP contribution in [-0.4, -0.2) is 46.5 Å². The van der Waals surface area contributed by atoms with Gasteiger partial charge in [-0.3, -0.25) is 4.79 Å². The van der Waals surface area contributed by atoms with Crippen molar-refractivity contribution in [3.05, 3.63) is 18.2 Å². The number of rotatable bonds is 5. The first-order valence-corrected chi connectivity index (χ1v) is 7.18. The lowest BCUT2D eigenvalue weighted by Crippen LogP contribution is -2.41. The highest BCUT2D eigenvalue weighted by Gasteiger charge is 2.22. The van der Waals surface area contributed by atoms with Crippen LogP contribution in [0.15, 0.2) is 12.5 Å². The van der Waals surface area contributed by atoms with Crippen LogP contribution in [0, 0.1) is 5.92 Å². The van der Waals surface area contributed by atoms with Crippen LogP contribution in [0.4, 0.5) is 0 Å². The Balaban J connectivity index is 1.99. The molecule has 0 aromatic carbocycles. The molecule has 0 bridgehead atoms. The summed E-state index contributed by atoms with van der Waals surface area (Å²) in [6.07, 6.45) is 6.88. The Labute approximate surface area is 115 Å². The first kappa shape index (κ1) is 14.1. The van der Waals surface area contributed by atoms with Crippen molar-refractivity contribution in [2.45, 2.75) is 26.2 Å². The molecule has 0 saturated carbocycles. The molecule has 5 nitrogen and oxygen atoms in total. The molecule has 1 fully saturated rings. The van der Waals surface area contributed by atoms with Crippen LogP contribution in [0.2, 0.25) is 0 Å². The van der Waals surface area contributed by atoms with Crippen molar-refractivity contribution >= 4 is 5.91 Å². The highest BCUT2D eigenvalue weighted by Crippen LogP contribution is 2.14. The third-order valence-corrected chi connectivity index (χ3v) is 3.58. The van der Waals surface area contributed by atoms with Crippen molar-refractivity contribution in [1.29, 1.82) is 0 Å². The average molecular weight is 264 g/mol. The van der Waals surface area contributed by atoms with E-state index in [9.17, 15) is 4.79 Å². The summed E-state index contributed by atoms with van der Waals surface area (Å²) in [6.45, 7) is 5.90. The number of aryl methyl sites for hydroxylation is 1. The standard InChI is InChI=1S/C14H24N4O/c1-3-7-18(9-12-5-4-6-15-8-12)14(19)13-10-17(2)11-16-13/h10-12,15H,3-9H2,1-2H3. The fourth-order valence-electron chi connectivity index (χ4n) is 2.62. The predicted octanol–water partition coefficient (Wildman–Crippen LogP) is 1.27. The largest absolute Gasteiger partial charge is 0.340 e. The normalized spacial score (nSPS) is 19.4. The minimum atomic E-state index is 0.0630. The highest BCUT2D eigenvalue weighted by atomic mass is 16.2. The van der Waals surface area contributed by atoms with Gasteiger partial charge in [0.15, 0.2) is 0 Å². The van der Waals surface area contributed by atoms with E-state index in [4.69, 9.17) is 0 Å². The molecule has 0 aliphatic carbocycles. The lowest BCUT2D eigenvalue weighted by molar-refractivity contribution is 0.0713. The summed E-state index contributed by atoms with van der Waals surface area (Å²) < 4.78 is 1.82. The van der Waals surface area contributed by atoms with Crippen molar-refractivity contribution in [2.24, 2.45) is 13.0 Å². The summed E-state index contributed by atoms with van der Waals surface area (Å²) >= 11 is 0. The molecule has 1 atom stereocenters. The van der Waals surface area contributed by atoms with Gasteiger partial charge in [0.2, 0.25) is 0 Å². The van der Waals surface area contributed by atoms with Gasteiger partial charge in [0.25, 0.3) is 5.91 Å². The maximum atomic E-state index is 12.5. The van der Waals surface area contributed by atoms with E-state index in [1.165, 1.54) is 12.8 Å². The van der Waals surface area contributed by atoms with E-state index in [1.54, 1.807) is 12.5 Å². The number of carbonyl (C=O) groups excluding carboxylic acids is 1. The minimum absolute atomic E-state index is 0.0630. The van der Waals surface area contributed by atoms with E-state index in [2.05, 4.69) is 17.2 Å². The molecule has 1 saturated heterocycles. The highest BCUT2D eigenvalue weighted by molar-refractivity contribution is 5.92. The van der Waals surface area contributed by atoms with Gasteiger partial charge in [-0.2, -0.15) is 0 Å². The number of hydrogen-bond acceptors (Lipinski definition) is 3. The summed E-state index contributed by atoms with van der Waals surface area (Å²) in [6, 6.07) is 0. The van der Waals surface area contributed by atoms with E-state index in [0.717, 1.165) is 32.6 Å². The number of hydrogen-bond donors (Lipinski definition) is 1. The third-order valence-electron chi connectivity index (χ3n) is 3.58. The van der Waals surface area contributed by atoms with Gasteiger partial charge >= 0.3 is 0 Å². The zero-order valence-electron chi connectivity index (χ0n) is 11.9. The van der Waals surface area contributed by atoms with Crippen LogP contribution in [0.3, 0.4) is 0 Å². The number of piperidine rings is 1. The Kier molecular flexibility index (Phi) is 4.96. The smallest absolute Gasteiger partial charge is 0.274 e. The maximum absolute atomic E-state index is 12.5. The molecule has 19 heavy (non-hydrogen) atoms. The molecule has 1 N–H and O–H groups in total. The quantitative estimate of drug-likeness (QED) is 0.871. The van der Waals surface area contributed by atoms with Crippen LogP contribution in [-0.2, 0) is 7.05 Å². The van der Waals surface area contributed by atoms with Gasteiger partial charge in [0.1, 0.15) is 5.69 Å². The van der Waals surface area contributed by atoms with Gasteiger partial charge in [0.05, 0.1) is 6.33 Å². The summed E-state index contributed by atoms with van der Waals surface area (Å²) in [5, 5.41) is 3.41. The van der Waals surface area contributed by atoms with Crippen molar-refractivity contribution < 1.29 is 4.79 Å². The van der Waals surface area contributed by atoms with E-state index in [0.29, 0.717) is 11.6 Å². The zero-order chi connectivity index (χ0) is 13.7. The third kappa shape index (κ3) is 3.80. The first-order chi connectivity index (χ1) is 9.20. The Hall–Kier alpha value is -1.36. The molecule has 0 spiro atoms. The van der Waals surface area contributed by atoms with Crippen molar-refractivity contribution in [3.8, 4) is 0 Å².